The number of fused-ring (bicyclic) bond motifs is 1. The third-order valence-electron chi connectivity index (χ3n) is 5.58. The molecule has 0 unspecified atom stereocenters. The number of anilines is 1. The zero-order valence-electron chi connectivity index (χ0n) is 21.2. The fourth-order valence-corrected chi connectivity index (χ4v) is 6.57. The number of rotatable bonds is 12. The molecular formula is C26H28N4O5S3. The maximum atomic E-state index is 13.6. The van der Waals surface area contributed by atoms with Gasteiger partial charge in [-0.25, -0.2) is 13.4 Å². The number of hydrazone groups is 1. The van der Waals surface area contributed by atoms with Crippen molar-refractivity contribution in [2.45, 2.75) is 11.8 Å². The number of aromatic nitrogens is 1. The Morgan fingerprint density at radius 2 is 1.76 bits per heavy atom. The third-order valence-corrected chi connectivity index (χ3v) is 9.29. The summed E-state index contributed by atoms with van der Waals surface area (Å²) >= 11 is 2.86. The molecule has 0 bridgehead atoms. The van der Waals surface area contributed by atoms with Gasteiger partial charge in [-0.3, -0.25) is 4.79 Å². The number of sulfonamides is 1. The van der Waals surface area contributed by atoms with Gasteiger partial charge in [0.2, 0.25) is 15.2 Å². The second-order valence-corrected chi connectivity index (χ2v) is 12.2. The minimum atomic E-state index is -3.81. The number of carbonyl (C=O) groups excluding carboxylic acids is 1. The Hall–Kier alpha value is -3.00. The van der Waals surface area contributed by atoms with Crippen molar-refractivity contribution in [1.82, 2.24) is 9.29 Å². The molecule has 4 rings (SSSR count). The number of hydrogen-bond donors (Lipinski definition) is 0. The minimum absolute atomic E-state index is 0.0744. The summed E-state index contributed by atoms with van der Waals surface area (Å²) in [6.07, 6.45) is 1.61. The summed E-state index contributed by atoms with van der Waals surface area (Å²) < 4.78 is 38.8. The summed E-state index contributed by atoms with van der Waals surface area (Å²) in [5.74, 6) is -0.423. The van der Waals surface area contributed by atoms with Gasteiger partial charge in [0.15, 0.2) is 0 Å². The van der Waals surface area contributed by atoms with Crippen LogP contribution in [0.15, 0.2) is 70.0 Å². The predicted octanol–water partition coefficient (Wildman–Crippen LogP) is 4.63. The molecule has 0 aliphatic carbocycles. The number of thiazole rings is 1. The normalized spacial score (nSPS) is 12.1. The molecule has 12 heteroatoms. The summed E-state index contributed by atoms with van der Waals surface area (Å²) in [4.78, 5) is 19.2. The van der Waals surface area contributed by atoms with Gasteiger partial charge in [-0.1, -0.05) is 23.5 Å². The fourth-order valence-electron chi connectivity index (χ4n) is 3.56. The van der Waals surface area contributed by atoms with Crippen molar-refractivity contribution >= 4 is 60.2 Å². The van der Waals surface area contributed by atoms with E-state index in [9.17, 15) is 13.2 Å². The van der Waals surface area contributed by atoms with Crippen molar-refractivity contribution in [1.29, 1.82) is 0 Å². The zero-order valence-corrected chi connectivity index (χ0v) is 23.7. The highest BCUT2D eigenvalue weighted by atomic mass is 32.2. The second-order valence-electron chi connectivity index (χ2n) is 8.26. The van der Waals surface area contributed by atoms with Gasteiger partial charge in [0.1, 0.15) is 0 Å². The molecule has 2 aromatic carbocycles. The van der Waals surface area contributed by atoms with Crippen LogP contribution in [-0.4, -0.2) is 70.4 Å². The second kappa shape index (κ2) is 12.7. The lowest BCUT2D eigenvalue weighted by molar-refractivity contribution is 0.0987. The summed E-state index contributed by atoms with van der Waals surface area (Å²) in [5, 5.41) is 8.06. The Labute approximate surface area is 230 Å². The van der Waals surface area contributed by atoms with E-state index in [1.54, 1.807) is 6.21 Å². The van der Waals surface area contributed by atoms with Gasteiger partial charge < -0.3 is 9.47 Å². The Morgan fingerprint density at radius 3 is 2.39 bits per heavy atom. The molecule has 0 radical (unpaired) electrons. The largest absolute Gasteiger partial charge is 0.383 e. The van der Waals surface area contributed by atoms with Gasteiger partial charge in [0.25, 0.3) is 5.91 Å². The Kier molecular flexibility index (Phi) is 9.36. The Bertz CT molecular complexity index is 1490. The van der Waals surface area contributed by atoms with E-state index in [1.807, 2.05) is 42.6 Å². The van der Waals surface area contributed by atoms with Crippen LogP contribution in [-0.2, 0) is 19.5 Å². The molecule has 38 heavy (non-hydrogen) atoms. The van der Waals surface area contributed by atoms with Gasteiger partial charge in [-0.2, -0.15) is 14.4 Å². The van der Waals surface area contributed by atoms with Gasteiger partial charge in [0.05, 0.1) is 34.5 Å². The number of ether oxygens (including phenoxy) is 2. The lowest BCUT2D eigenvalue weighted by Gasteiger charge is -2.21. The summed E-state index contributed by atoms with van der Waals surface area (Å²) in [7, 11) is -0.782. The maximum Gasteiger partial charge on any atom is 0.280 e. The first-order chi connectivity index (χ1) is 18.3. The average Bonchev–Trinajstić information content (AvgIpc) is 3.58. The van der Waals surface area contributed by atoms with Gasteiger partial charge in [0, 0.05) is 37.7 Å². The molecule has 0 saturated carbocycles. The van der Waals surface area contributed by atoms with Crippen LogP contribution >= 0.6 is 22.7 Å². The quantitative estimate of drug-likeness (QED) is 0.181. The molecular weight excluding hydrogens is 545 g/mol. The van der Waals surface area contributed by atoms with Crippen molar-refractivity contribution in [3.05, 3.63) is 76.0 Å². The highest BCUT2D eigenvalue weighted by molar-refractivity contribution is 7.89. The molecule has 4 aromatic rings. The number of carbonyl (C=O) groups is 1. The molecule has 200 valence electrons. The zero-order chi connectivity index (χ0) is 27.1. The van der Waals surface area contributed by atoms with Crippen LogP contribution in [0.2, 0.25) is 0 Å². The molecule has 2 heterocycles. The number of aryl methyl sites for hydroxylation is 1. The summed E-state index contributed by atoms with van der Waals surface area (Å²) in [5.41, 5.74) is 2.14. The maximum absolute atomic E-state index is 13.6. The topological polar surface area (TPSA) is 101 Å². The van der Waals surface area contributed by atoms with Crippen LogP contribution < -0.4 is 5.01 Å². The highest BCUT2D eigenvalue weighted by Crippen LogP contribution is 2.31. The van der Waals surface area contributed by atoms with E-state index < -0.39 is 15.9 Å². The van der Waals surface area contributed by atoms with Crippen LogP contribution in [0.25, 0.3) is 10.2 Å². The van der Waals surface area contributed by atoms with Crippen molar-refractivity contribution in [2.24, 2.45) is 5.10 Å². The smallest absolute Gasteiger partial charge is 0.280 e. The van der Waals surface area contributed by atoms with Crippen molar-refractivity contribution in [3.8, 4) is 0 Å². The first-order valence-corrected chi connectivity index (χ1v) is 14.8. The Morgan fingerprint density at radius 1 is 1.05 bits per heavy atom. The van der Waals surface area contributed by atoms with E-state index >= 15 is 0 Å². The number of methoxy groups -OCH3 is 2. The monoisotopic (exact) mass is 572 g/mol. The van der Waals surface area contributed by atoms with E-state index in [1.165, 1.54) is 70.5 Å². The van der Waals surface area contributed by atoms with Crippen molar-refractivity contribution in [3.63, 3.8) is 0 Å². The molecule has 0 saturated heterocycles. The van der Waals surface area contributed by atoms with E-state index in [4.69, 9.17) is 9.47 Å². The first kappa shape index (κ1) is 28.0. The standard InChI is InChI=1S/C26H28N4O5S3/c1-19-6-11-23-24(17-19)37-26(28-23)30(27-18-21-5-4-16-36-21)25(31)20-7-9-22(10-8-20)38(32,33)29(12-14-34-2)13-15-35-3/h4-11,16-18H,12-15H2,1-3H3/b27-18+. The molecule has 1 amide bonds. The molecule has 2 aromatic heterocycles. The van der Waals surface area contributed by atoms with Crippen molar-refractivity contribution in [2.75, 3.05) is 45.5 Å². The number of amides is 1. The van der Waals surface area contributed by atoms with Crippen molar-refractivity contribution < 1.29 is 22.7 Å². The van der Waals surface area contributed by atoms with E-state index in [2.05, 4.69) is 10.1 Å². The number of nitrogens with zero attached hydrogens (tertiary/aromatic N) is 4. The fraction of sp³-hybridized carbons (Fsp3) is 0.269. The van der Waals surface area contributed by atoms with E-state index in [0.29, 0.717) is 5.13 Å². The van der Waals surface area contributed by atoms with Crippen LogP contribution in [0.4, 0.5) is 5.13 Å². The Balaban J connectivity index is 1.64. The van der Waals surface area contributed by atoms with Gasteiger partial charge in [-0.05, 0) is 60.3 Å². The summed E-state index contributed by atoms with van der Waals surface area (Å²) in [6, 6.07) is 15.5. The number of hydrogen-bond acceptors (Lipinski definition) is 9. The molecule has 9 nitrogen and oxygen atoms in total. The SMILES string of the molecule is COCCN(CCOC)S(=O)(=O)c1ccc(C(=O)N(/N=C/c2cccs2)c2nc3ccc(C)cc3s2)cc1. The molecule has 0 N–H and O–H groups in total. The predicted molar refractivity (Wildman–Crippen MR) is 152 cm³/mol. The molecule has 0 atom stereocenters. The highest BCUT2D eigenvalue weighted by Gasteiger charge is 2.26. The summed E-state index contributed by atoms with van der Waals surface area (Å²) in [6.45, 7) is 2.87. The van der Waals surface area contributed by atoms with Crippen LogP contribution in [0.1, 0.15) is 20.8 Å². The lowest BCUT2D eigenvalue weighted by Crippen LogP contribution is -2.36. The van der Waals surface area contributed by atoms with E-state index in [-0.39, 0.29) is 36.8 Å². The molecule has 0 spiro atoms. The lowest BCUT2D eigenvalue weighted by atomic mass is 10.2. The average molecular weight is 573 g/mol. The number of thiophene rings is 1. The van der Waals surface area contributed by atoms with E-state index in [0.717, 1.165) is 20.7 Å². The first-order valence-electron chi connectivity index (χ1n) is 11.7. The molecule has 0 aliphatic heterocycles. The van der Waals surface area contributed by atoms with Crippen LogP contribution in [0.5, 0.6) is 0 Å². The van der Waals surface area contributed by atoms with Crippen LogP contribution in [0.3, 0.4) is 0 Å². The van der Waals surface area contributed by atoms with Crippen LogP contribution in [0, 0.1) is 6.92 Å². The van der Waals surface area contributed by atoms with Gasteiger partial charge in [-0.15, -0.1) is 11.3 Å². The minimum Gasteiger partial charge on any atom is -0.383 e. The number of benzene rings is 2. The molecule has 0 fully saturated rings. The molecule has 0 aliphatic rings. The third kappa shape index (κ3) is 6.52. The van der Waals surface area contributed by atoms with Gasteiger partial charge >= 0.3 is 0 Å².